The van der Waals surface area contributed by atoms with Crippen LogP contribution in [0.15, 0.2) is 41.8 Å². The molecule has 3 rings (SSSR count). The lowest BCUT2D eigenvalue weighted by molar-refractivity contribution is -0.124. The Balaban J connectivity index is 1.67. The van der Waals surface area contributed by atoms with E-state index in [2.05, 4.69) is 10.6 Å². The van der Waals surface area contributed by atoms with E-state index in [0.717, 1.165) is 6.42 Å². The SMILES string of the molecule is CCCNC(=O)[C@@H](NC(=O)c1cccs1)C1CCN(C(=O)c2ccccc2OC)CC1. The van der Waals surface area contributed by atoms with Gasteiger partial charge in [0.05, 0.1) is 17.6 Å². The number of thiophene rings is 1. The van der Waals surface area contributed by atoms with E-state index in [9.17, 15) is 14.4 Å². The van der Waals surface area contributed by atoms with E-state index in [1.807, 2.05) is 30.5 Å². The molecule has 1 fully saturated rings. The number of hydrogen-bond acceptors (Lipinski definition) is 5. The molecule has 8 heteroatoms. The highest BCUT2D eigenvalue weighted by Gasteiger charge is 2.34. The maximum Gasteiger partial charge on any atom is 0.262 e. The van der Waals surface area contributed by atoms with Crippen molar-refractivity contribution in [3.8, 4) is 5.75 Å². The van der Waals surface area contributed by atoms with Gasteiger partial charge in [0.2, 0.25) is 5.91 Å². The van der Waals surface area contributed by atoms with Crippen molar-refractivity contribution in [1.29, 1.82) is 0 Å². The van der Waals surface area contributed by atoms with Crippen LogP contribution in [0.2, 0.25) is 0 Å². The van der Waals surface area contributed by atoms with Gasteiger partial charge in [-0.05, 0) is 48.8 Å². The highest BCUT2D eigenvalue weighted by atomic mass is 32.1. The van der Waals surface area contributed by atoms with E-state index in [-0.39, 0.29) is 23.6 Å². The van der Waals surface area contributed by atoms with Crippen LogP contribution >= 0.6 is 11.3 Å². The first-order valence-corrected chi connectivity index (χ1v) is 11.5. The number of carbonyl (C=O) groups is 3. The molecule has 31 heavy (non-hydrogen) atoms. The van der Waals surface area contributed by atoms with Crippen LogP contribution in [0.25, 0.3) is 0 Å². The fourth-order valence-electron chi connectivity index (χ4n) is 3.80. The van der Waals surface area contributed by atoms with Gasteiger partial charge in [0.1, 0.15) is 11.8 Å². The van der Waals surface area contributed by atoms with Gasteiger partial charge in [0.25, 0.3) is 11.8 Å². The smallest absolute Gasteiger partial charge is 0.262 e. The number of amides is 3. The molecule has 2 N–H and O–H groups in total. The molecule has 2 aromatic rings. The van der Waals surface area contributed by atoms with Crippen molar-refractivity contribution in [2.75, 3.05) is 26.7 Å². The first kappa shape index (κ1) is 22.8. The molecule has 0 radical (unpaired) electrons. The lowest BCUT2D eigenvalue weighted by Crippen LogP contribution is -2.53. The Morgan fingerprint density at radius 1 is 1.16 bits per heavy atom. The van der Waals surface area contributed by atoms with Crippen LogP contribution in [0.5, 0.6) is 5.75 Å². The molecule has 1 aliphatic rings. The summed E-state index contributed by atoms with van der Waals surface area (Å²) in [5, 5.41) is 7.67. The van der Waals surface area contributed by atoms with E-state index in [0.29, 0.717) is 48.7 Å². The highest BCUT2D eigenvalue weighted by Crippen LogP contribution is 2.26. The summed E-state index contributed by atoms with van der Waals surface area (Å²) < 4.78 is 5.32. The van der Waals surface area contributed by atoms with Crippen LogP contribution in [-0.2, 0) is 4.79 Å². The van der Waals surface area contributed by atoms with Crippen LogP contribution in [0.4, 0.5) is 0 Å². The minimum Gasteiger partial charge on any atom is -0.496 e. The Bertz CT molecular complexity index is 892. The van der Waals surface area contributed by atoms with Gasteiger partial charge in [-0.3, -0.25) is 14.4 Å². The summed E-state index contributed by atoms with van der Waals surface area (Å²) >= 11 is 1.35. The Morgan fingerprint density at radius 2 is 1.90 bits per heavy atom. The molecule has 3 amide bonds. The number of nitrogens with zero attached hydrogens (tertiary/aromatic N) is 1. The van der Waals surface area contributed by atoms with E-state index < -0.39 is 6.04 Å². The summed E-state index contributed by atoms with van der Waals surface area (Å²) in [4.78, 5) is 40.7. The van der Waals surface area contributed by atoms with Crippen molar-refractivity contribution >= 4 is 29.1 Å². The standard InChI is InChI=1S/C23H29N3O4S/c1-3-12-24-22(28)20(25-21(27)19-9-6-15-31-19)16-10-13-26(14-11-16)23(29)17-7-4-5-8-18(17)30-2/h4-9,15-16,20H,3,10-14H2,1-2H3,(H,24,28)(H,25,27)/t20-/m0/s1. The summed E-state index contributed by atoms with van der Waals surface area (Å²) in [5.41, 5.74) is 0.534. The second kappa shape index (κ2) is 10.9. The van der Waals surface area contributed by atoms with Crippen molar-refractivity contribution in [3.63, 3.8) is 0 Å². The molecule has 7 nitrogen and oxygen atoms in total. The average molecular weight is 444 g/mol. The summed E-state index contributed by atoms with van der Waals surface area (Å²) in [6.45, 7) is 3.60. The fourth-order valence-corrected chi connectivity index (χ4v) is 4.43. The van der Waals surface area contributed by atoms with Gasteiger partial charge in [-0.25, -0.2) is 0 Å². The van der Waals surface area contributed by atoms with Crippen LogP contribution < -0.4 is 15.4 Å². The second-order valence-electron chi connectivity index (χ2n) is 7.55. The zero-order chi connectivity index (χ0) is 22.2. The van der Waals surface area contributed by atoms with E-state index in [1.165, 1.54) is 11.3 Å². The molecule has 1 aromatic heterocycles. The molecular weight excluding hydrogens is 414 g/mol. The van der Waals surface area contributed by atoms with Crippen LogP contribution in [0.1, 0.15) is 46.2 Å². The molecule has 1 aliphatic heterocycles. The van der Waals surface area contributed by atoms with E-state index in [1.54, 1.807) is 30.2 Å². The number of carbonyl (C=O) groups excluding carboxylic acids is 3. The predicted molar refractivity (Wildman–Crippen MR) is 120 cm³/mol. The Kier molecular flexibility index (Phi) is 8.06. The maximum atomic E-state index is 13.0. The van der Waals surface area contributed by atoms with Crippen LogP contribution in [0.3, 0.4) is 0 Å². The zero-order valence-electron chi connectivity index (χ0n) is 17.9. The van der Waals surface area contributed by atoms with Gasteiger partial charge >= 0.3 is 0 Å². The number of likely N-dealkylation sites (tertiary alicyclic amines) is 1. The number of nitrogens with one attached hydrogen (secondary N) is 2. The minimum absolute atomic E-state index is 0.0394. The summed E-state index contributed by atoms with van der Waals surface area (Å²) in [5.74, 6) is 0.0306. The second-order valence-corrected chi connectivity index (χ2v) is 8.50. The Morgan fingerprint density at radius 3 is 2.55 bits per heavy atom. The predicted octanol–water partition coefficient (Wildman–Crippen LogP) is 2.93. The summed E-state index contributed by atoms with van der Waals surface area (Å²) in [6, 6.07) is 10.1. The molecule has 0 saturated carbocycles. The zero-order valence-corrected chi connectivity index (χ0v) is 18.7. The lowest BCUT2D eigenvalue weighted by Gasteiger charge is -2.36. The van der Waals surface area contributed by atoms with Crippen molar-refractivity contribution in [1.82, 2.24) is 15.5 Å². The first-order chi connectivity index (χ1) is 15.0. The van der Waals surface area contributed by atoms with E-state index in [4.69, 9.17) is 4.74 Å². The minimum atomic E-state index is -0.621. The first-order valence-electron chi connectivity index (χ1n) is 10.6. The number of methoxy groups -OCH3 is 1. The van der Waals surface area contributed by atoms with Crippen LogP contribution in [0, 0.1) is 5.92 Å². The molecule has 1 saturated heterocycles. The Labute approximate surface area is 186 Å². The molecule has 0 bridgehead atoms. The number of para-hydroxylation sites is 1. The monoisotopic (exact) mass is 443 g/mol. The molecule has 0 aliphatic carbocycles. The average Bonchev–Trinajstić information content (AvgIpc) is 3.35. The maximum absolute atomic E-state index is 13.0. The van der Waals surface area contributed by atoms with Crippen molar-refractivity contribution < 1.29 is 19.1 Å². The van der Waals surface area contributed by atoms with Crippen molar-refractivity contribution in [2.45, 2.75) is 32.2 Å². The third-order valence-electron chi connectivity index (χ3n) is 5.50. The number of benzene rings is 1. The van der Waals surface area contributed by atoms with Gasteiger partial charge in [-0.15, -0.1) is 11.3 Å². The Hall–Kier alpha value is -2.87. The van der Waals surface area contributed by atoms with Gasteiger partial charge in [0.15, 0.2) is 0 Å². The van der Waals surface area contributed by atoms with Gasteiger partial charge < -0.3 is 20.3 Å². The quantitative estimate of drug-likeness (QED) is 0.657. The normalized spacial score (nSPS) is 15.2. The third kappa shape index (κ3) is 5.64. The number of hydrogen-bond donors (Lipinski definition) is 2. The highest BCUT2D eigenvalue weighted by molar-refractivity contribution is 7.12. The number of rotatable bonds is 8. The van der Waals surface area contributed by atoms with Crippen LogP contribution in [-0.4, -0.2) is 55.4 Å². The van der Waals surface area contributed by atoms with Crippen molar-refractivity contribution in [2.24, 2.45) is 5.92 Å². The number of piperidine rings is 1. The largest absolute Gasteiger partial charge is 0.496 e. The fraction of sp³-hybridized carbons (Fsp3) is 0.435. The summed E-state index contributed by atoms with van der Waals surface area (Å²) in [7, 11) is 1.55. The molecule has 1 aromatic carbocycles. The lowest BCUT2D eigenvalue weighted by atomic mass is 9.88. The molecule has 0 spiro atoms. The topological polar surface area (TPSA) is 87.7 Å². The van der Waals surface area contributed by atoms with Gasteiger partial charge in [-0.2, -0.15) is 0 Å². The molecule has 166 valence electrons. The van der Waals surface area contributed by atoms with Gasteiger partial charge in [0, 0.05) is 19.6 Å². The number of ether oxygens (including phenoxy) is 1. The molecular formula is C23H29N3O4S. The van der Waals surface area contributed by atoms with E-state index >= 15 is 0 Å². The molecule has 0 unspecified atom stereocenters. The third-order valence-corrected chi connectivity index (χ3v) is 6.37. The van der Waals surface area contributed by atoms with Gasteiger partial charge in [-0.1, -0.05) is 25.1 Å². The summed E-state index contributed by atoms with van der Waals surface area (Å²) in [6.07, 6.45) is 2.09. The molecule has 1 atom stereocenters. The molecule has 2 heterocycles. The van der Waals surface area contributed by atoms with Crippen molar-refractivity contribution in [3.05, 3.63) is 52.2 Å².